The maximum absolute atomic E-state index is 15.4. The van der Waals surface area contributed by atoms with Crippen molar-refractivity contribution in [1.82, 2.24) is 14.5 Å². The molecule has 1 fully saturated rings. The number of fused-ring (bicyclic) bond motifs is 1. The van der Waals surface area contributed by atoms with Crippen molar-refractivity contribution in [1.29, 1.82) is 5.26 Å². The highest BCUT2D eigenvalue weighted by atomic mass is 19.1. The van der Waals surface area contributed by atoms with Crippen LogP contribution in [0.15, 0.2) is 47.5 Å². The Morgan fingerprint density at radius 3 is 2.36 bits per heavy atom. The second-order valence-electron chi connectivity index (χ2n) is 9.83. The van der Waals surface area contributed by atoms with Gasteiger partial charge in [0.2, 0.25) is 0 Å². The van der Waals surface area contributed by atoms with Crippen molar-refractivity contribution >= 4 is 10.9 Å². The van der Waals surface area contributed by atoms with Gasteiger partial charge in [-0.05, 0) is 44.5 Å². The molecule has 1 aromatic carbocycles. The third-order valence-electron chi connectivity index (χ3n) is 7.01. The fourth-order valence-electron chi connectivity index (χ4n) is 4.75. The number of methoxy groups -OCH3 is 2. The fraction of sp³-hybridized carbons (Fsp3) is 0.310. The van der Waals surface area contributed by atoms with E-state index in [0.29, 0.717) is 40.9 Å². The molecule has 0 spiro atoms. The molecular formula is C29H26F2N4O4. The van der Waals surface area contributed by atoms with Gasteiger partial charge in [0.1, 0.15) is 0 Å². The molecule has 39 heavy (non-hydrogen) atoms. The van der Waals surface area contributed by atoms with E-state index in [2.05, 4.69) is 16.0 Å². The minimum absolute atomic E-state index is 0.180. The van der Waals surface area contributed by atoms with Crippen LogP contribution in [0.2, 0.25) is 0 Å². The van der Waals surface area contributed by atoms with E-state index in [4.69, 9.17) is 14.2 Å². The summed E-state index contributed by atoms with van der Waals surface area (Å²) < 4.78 is 48.1. The summed E-state index contributed by atoms with van der Waals surface area (Å²) in [4.78, 5) is 22.9. The summed E-state index contributed by atoms with van der Waals surface area (Å²) in [6.45, 7) is 4.30. The van der Waals surface area contributed by atoms with Gasteiger partial charge in [0.15, 0.2) is 23.1 Å². The first kappa shape index (κ1) is 26.3. The van der Waals surface area contributed by atoms with Crippen molar-refractivity contribution in [2.75, 3.05) is 27.4 Å². The third-order valence-corrected chi connectivity index (χ3v) is 7.01. The monoisotopic (exact) mass is 532 g/mol. The maximum atomic E-state index is 15.4. The summed E-state index contributed by atoms with van der Waals surface area (Å²) in [7, 11) is 2.50. The van der Waals surface area contributed by atoms with Crippen LogP contribution in [0.5, 0.6) is 11.5 Å². The normalized spacial score (nSPS) is 15.4. The number of rotatable bonds is 6. The van der Waals surface area contributed by atoms with Crippen LogP contribution in [-0.2, 0) is 10.2 Å². The Bertz CT molecular complexity index is 1640. The second kappa shape index (κ2) is 10.1. The molecule has 0 radical (unpaired) electrons. The highest BCUT2D eigenvalue weighted by molar-refractivity contribution is 5.87. The minimum atomic E-state index is -1.00. The molecule has 0 saturated carbocycles. The number of ether oxygens (including phenoxy) is 3. The van der Waals surface area contributed by atoms with Crippen molar-refractivity contribution in [2.24, 2.45) is 0 Å². The highest BCUT2D eigenvalue weighted by Gasteiger charge is 2.28. The molecule has 1 aliphatic heterocycles. The van der Waals surface area contributed by atoms with Gasteiger partial charge in [0, 0.05) is 36.0 Å². The quantitative estimate of drug-likeness (QED) is 0.337. The number of pyridine rings is 3. The second-order valence-corrected chi connectivity index (χ2v) is 9.83. The summed E-state index contributed by atoms with van der Waals surface area (Å²) >= 11 is 0. The lowest BCUT2D eigenvalue weighted by atomic mass is 9.90. The molecule has 4 aromatic rings. The highest BCUT2D eigenvalue weighted by Crippen LogP contribution is 2.38. The van der Waals surface area contributed by atoms with Crippen LogP contribution >= 0.6 is 0 Å². The Labute approximate surface area is 223 Å². The van der Waals surface area contributed by atoms with Gasteiger partial charge in [-0.2, -0.15) is 5.26 Å². The number of benzene rings is 1. The van der Waals surface area contributed by atoms with E-state index in [9.17, 15) is 10.1 Å². The Morgan fingerprint density at radius 1 is 1.08 bits per heavy atom. The number of aromatic nitrogens is 3. The SMILES string of the molecule is COc1cc(OC)c(F)c(-c2cc3cnc(-c4ccc(C(C)(C)C#N)nc4)cc3n([C@H]3CCOC3)c2=O)c1F. The van der Waals surface area contributed by atoms with Crippen molar-refractivity contribution in [3.05, 3.63) is 70.4 Å². The van der Waals surface area contributed by atoms with Crippen molar-refractivity contribution in [2.45, 2.75) is 31.7 Å². The van der Waals surface area contributed by atoms with Crippen LogP contribution in [-0.4, -0.2) is 42.0 Å². The predicted molar refractivity (Wildman–Crippen MR) is 141 cm³/mol. The molecule has 3 aromatic heterocycles. The average Bonchev–Trinajstić information content (AvgIpc) is 3.48. The van der Waals surface area contributed by atoms with Crippen LogP contribution < -0.4 is 15.0 Å². The van der Waals surface area contributed by atoms with E-state index in [1.807, 2.05) is 6.07 Å². The van der Waals surface area contributed by atoms with Gasteiger partial charge < -0.3 is 18.8 Å². The smallest absolute Gasteiger partial charge is 0.259 e. The first-order valence-electron chi connectivity index (χ1n) is 12.3. The number of nitrogens with zero attached hydrogens (tertiary/aromatic N) is 4. The Morgan fingerprint density at radius 2 is 1.79 bits per heavy atom. The molecule has 5 rings (SSSR count). The molecule has 1 saturated heterocycles. The number of hydrogen-bond donors (Lipinski definition) is 0. The maximum Gasteiger partial charge on any atom is 0.259 e. The van der Waals surface area contributed by atoms with Crippen molar-refractivity contribution in [3.63, 3.8) is 0 Å². The largest absolute Gasteiger partial charge is 0.494 e. The van der Waals surface area contributed by atoms with Crippen LogP contribution in [0.25, 0.3) is 33.3 Å². The fourth-order valence-corrected chi connectivity index (χ4v) is 4.75. The van der Waals surface area contributed by atoms with Crippen LogP contribution in [0.1, 0.15) is 32.0 Å². The molecule has 0 aliphatic carbocycles. The molecule has 1 aliphatic rings. The average molecular weight is 533 g/mol. The van der Waals surface area contributed by atoms with Gasteiger partial charge in [-0.3, -0.25) is 14.8 Å². The molecule has 0 N–H and O–H groups in total. The lowest BCUT2D eigenvalue weighted by Crippen LogP contribution is -2.27. The van der Waals surface area contributed by atoms with E-state index >= 15 is 8.78 Å². The Kier molecular flexibility index (Phi) is 6.78. The molecule has 8 nitrogen and oxygen atoms in total. The van der Waals surface area contributed by atoms with Gasteiger partial charge >= 0.3 is 0 Å². The zero-order valence-corrected chi connectivity index (χ0v) is 21.9. The molecule has 0 unspecified atom stereocenters. The van der Waals surface area contributed by atoms with Gasteiger partial charge in [0.05, 0.1) is 66.4 Å². The number of nitriles is 1. The van der Waals surface area contributed by atoms with Gasteiger partial charge in [-0.15, -0.1) is 0 Å². The predicted octanol–water partition coefficient (Wildman–Crippen LogP) is 5.18. The van der Waals surface area contributed by atoms with E-state index in [1.165, 1.54) is 24.9 Å². The molecule has 4 heterocycles. The van der Waals surface area contributed by atoms with E-state index in [0.717, 1.165) is 6.07 Å². The molecule has 200 valence electrons. The zero-order chi connectivity index (χ0) is 27.9. The molecule has 0 bridgehead atoms. The van der Waals surface area contributed by atoms with Gasteiger partial charge in [0.25, 0.3) is 5.56 Å². The van der Waals surface area contributed by atoms with Gasteiger partial charge in [-0.25, -0.2) is 8.78 Å². The van der Waals surface area contributed by atoms with E-state index < -0.39 is 28.2 Å². The Hall–Kier alpha value is -4.36. The van der Waals surface area contributed by atoms with Crippen LogP contribution in [0.4, 0.5) is 8.78 Å². The Balaban J connectivity index is 1.74. The van der Waals surface area contributed by atoms with Crippen molar-refractivity contribution in [3.8, 4) is 40.0 Å². The zero-order valence-electron chi connectivity index (χ0n) is 21.9. The minimum Gasteiger partial charge on any atom is -0.494 e. The molecule has 0 amide bonds. The summed E-state index contributed by atoms with van der Waals surface area (Å²) in [5.74, 6) is -2.50. The van der Waals surface area contributed by atoms with Crippen LogP contribution in [0.3, 0.4) is 0 Å². The third kappa shape index (κ3) is 4.49. The molecule has 1 atom stereocenters. The lowest BCUT2D eigenvalue weighted by Gasteiger charge is -2.19. The summed E-state index contributed by atoms with van der Waals surface area (Å²) in [6, 6.07) is 9.76. The summed E-state index contributed by atoms with van der Waals surface area (Å²) in [6.07, 6.45) is 3.74. The van der Waals surface area contributed by atoms with E-state index in [-0.39, 0.29) is 29.7 Å². The number of halogens is 2. The number of hydrogen-bond acceptors (Lipinski definition) is 7. The summed E-state index contributed by atoms with van der Waals surface area (Å²) in [5.41, 5.74) is 0.370. The first-order valence-corrected chi connectivity index (χ1v) is 12.3. The van der Waals surface area contributed by atoms with E-state index in [1.54, 1.807) is 38.4 Å². The topological polar surface area (TPSA) is 99.3 Å². The van der Waals surface area contributed by atoms with Crippen molar-refractivity contribution < 1.29 is 23.0 Å². The van der Waals surface area contributed by atoms with Crippen LogP contribution in [0, 0.1) is 23.0 Å². The van der Waals surface area contributed by atoms with Gasteiger partial charge in [-0.1, -0.05) is 0 Å². The molecule has 10 heteroatoms. The molecular weight excluding hydrogens is 506 g/mol. The standard InChI is InChI=1S/C29H26F2N4O4/c1-29(2,15-32)24-6-5-16(12-34-24)20-10-21-17(13-33-20)9-19(28(36)35(21)18-7-8-39-14-18)25-26(30)22(37-3)11-23(38-4)27(25)31/h5-6,9-13,18H,7-8,14H2,1-4H3/t18-/m0/s1. The first-order chi connectivity index (χ1) is 18.7. The summed E-state index contributed by atoms with van der Waals surface area (Å²) in [5, 5.41) is 9.91. The lowest BCUT2D eigenvalue weighted by molar-refractivity contribution is 0.186.